The van der Waals surface area contributed by atoms with E-state index in [4.69, 9.17) is 0 Å². The van der Waals surface area contributed by atoms with Crippen molar-refractivity contribution in [2.45, 2.75) is 44.0 Å². The van der Waals surface area contributed by atoms with Crippen molar-refractivity contribution in [1.82, 2.24) is 10.6 Å². The number of aliphatic imine (C=N–C) groups is 1. The van der Waals surface area contributed by atoms with Crippen LogP contribution < -0.4 is 10.6 Å². The van der Waals surface area contributed by atoms with E-state index < -0.39 is 0 Å². The van der Waals surface area contributed by atoms with Gasteiger partial charge >= 0.3 is 0 Å². The Labute approximate surface area is 154 Å². The minimum Gasteiger partial charge on any atom is -0.354 e. The van der Waals surface area contributed by atoms with Gasteiger partial charge in [0.1, 0.15) is 5.82 Å². The third kappa shape index (κ3) is 5.61. The maximum atomic E-state index is 13.5. The lowest BCUT2D eigenvalue weighted by Gasteiger charge is -2.17. The Bertz CT molecular complexity index is 510. The third-order valence-corrected chi connectivity index (χ3v) is 5.07. The van der Waals surface area contributed by atoms with Gasteiger partial charge in [0, 0.05) is 24.9 Å². The zero-order valence-corrected chi connectivity index (χ0v) is 16.5. The van der Waals surface area contributed by atoms with Crippen LogP contribution in [0.4, 0.5) is 4.39 Å². The minimum absolute atomic E-state index is 0. The van der Waals surface area contributed by atoms with E-state index in [0.29, 0.717) is 18.2 Å². The van der Waals surface area contributed by atoms with Gasteiger partial charge in [0.25, 0.3) is 0 Å². The van der Waals surface area contributed by atoms with Gasteiger partial charge in [-0.2, -0.15) is 11.8 Å². The topological polar surface area (TPSA) is 36.4 Å². The Kier molecular flexibility index (Phi) is 8.53. The molecule has 22 heavy (non-hydrogen) atoms. The van der Waals surface area contributed by atoms with Gasteiger partial charge in [-0.1, -0.05) is 12.1 Å². The maximum Gasteiger partial charge on any atom is 0.191 e. The first kappa shape index (κ1) is 19.5. The van der Waals surface area contributed by atoms with E-state index in [-0.39, 0.29) is 29.8 Å². The molecule has 1 aliphatic carbocycles. The molecule has 0 amide bonds. The molecule has 2 N–H and O–H groups in total. The van der Waals surface area contributed by atoms with Gasteiger partial charge in [0.05, 0.1) is 0 Å². The summed E-state index contributed by atoms with van der Waals surface area (Å²) in [7, 11) is 1.77. The molecule has 124 valence electrons. The zero-order chi connectivity index (χ0) is 15.2. The number of hydrogen-bond acceptors (Lipinski definition) is 2. The number of nitrogens with one attached hydrogen (secondary N) is 2. The second-order valence-corrected chi connectivity index (χ2v) is 6.66. The second kappa shape index (κ2) is 9.60. The summed E-state index contributed by atoms with van der Waals surface area (Å²) < 4.78 is 13.5. The number of thioether (sulfide) groups is 1. The highest BCUT2D eigenvalue weighted by Gasteiger charge is 2.24. The Morgan fingerprint density at radius 2 is 2.18 bits per heavy atom. The molecule has 1 aromatic carbocycles. The van der Waals surface area contributed by atoms with E-state index in [9.17, 15) is 4.39 Å². The smallest absolute Gasteiger partial charge is 0.191 e. The van der Waals surface area contributed by atoms with Crippen LogP contribution >= 0.6 is 35.7 Å². The van der Waals surface area contributed by atoms with Gasteiger partial charge in [-0.3, -0.25) is 4.99 Å². The number of halogens is 2. The molecule has 0 aliphatic heterocycles. The molecule has 0 bridgehead atoms. The molecular weight excluding hydrogens is 412 g/mol. The Morgan fingerprint density at radius 1 is 1.41 bits per heavy atom. The van der Waals surface area contributed by atoms with E-state index in [2.05, 4.69) is 21.9 Å². The summed E-state index contributed by atoms with van der Waals surface area (Å²) in [6.07, 6.45) is 5.80. The summed E-state index contributed by atoms with van der Waals surface area (Å²) in [4.78, 5) is 4.25. The summed E-state index contributed by atoms with van der Waals surface area (Å²) >= 11 is 1.94. The standard InChI is InChI=1S/C16H24FN3S.HI/c1-11-4-5-12(8-15(11)17)10-19-16(18-2)20-13-6-7-14(9-13)21-3;/h4-5,8,13-14H,6-7,9-10H2,1-3H3,(H2,18,19,20);1H. The molecule has 0 saturated heterocycles. The molecule has 2 unspecified atom stereocenters. The van der Waals surface area contributed by atoms with Crippen LogP contribution in [0.1, 0.15) is 30.4 Å². The highest BCUT2D eigenvalue weighted by molar-refractivity contribution is 14.0. The Hall–Kier alpha value is -0.500. The van der Waals surface area contributed by atoms with Crippen LogP contribution in [-0.4, -0.2) is 30.6 Å². The molecule has 3 nitrogen and oxygen atoms in total. The number of rotatable bonds is 4. The largest absolute Gasteiger partial charge is 0.354 e. The van der Waals surface area contributed by atoms with Gasteiger partial charge in [-0.25, -0.2) is 4.39 Å². The Balaban J connectivity index is 0.00000242. The van der Waals surface area contributed by atoms with Crippen molar-refractivity contribution in [2.24, 2.45) is 4.99 Å². The minimum atomic E-state index is -0.157. The molecule has 6 heteroatoms. The SMILES string of the molecule is CN=C(NCc1ccc(C)c(F)c1)NC1CCC(SC)C1.I. The van der Waals surface area contributed by atoms with Crippen molar-refractivity contribution in [1.29, 1.82) is 0 Å². The first-order valence-corrected chi connectivity index (χ1v) is 8.66. The zero-order valence-electron chi connectivity index (χ0n) is 13.4. The van der Waals surface area contributed by atoms with Gasteiger partial charge < -0.3 is 10.6 Å². The fourth-order valence-corrected chi connectivity index (χ4v) is 3.40. The van der Waals surface area contributed by atoms with Crippen molar-refractivity contribution in [3.8, 4) is 0 Å². The molecule has 0 spiro atoms. The summed E-state index contributed by atoms with van der Waals surface area (Å²) in [5, 5.41) is 7.47. The maximum absolute atomic E-state index is 13.5. The van der Waals surface area contributed by atoms with Gasteiger partial charge in [0.15, 0.2) is 5.96 Å². The highest BCUT2D eigenvalue weighted by atomic mass is 127. The van der Waals surface area contributed by atoms with Crippen molar-refractivity contribution in [2.75, 3.05) is 13.3 Å². The molecule has 1 fully saturated rings. The molecule has 0 aromatic heterocycles. The molecule has 1 aliphatic rings. The quantitative estimate of drug-likeness (QED) is 0.429. The predicted octanol–water partition coefficient (Wildman–Crippen LogP) is 3.70. The second-order valence-electron chi connectivity index (χ2n) is 5.52. The Morgan fingerprint density at radius 3 is 2.77 bits per heavy atom. The normalized spacial score (nSPS) is 21.4. The van der Waals surface area contributed by atoms with E-state index >= 15 is 0 Å². The molecule has 1 aromatic rings. The van der Waals surface area contributed by atoms with Crippen LogP contribution in [0.2, 0.25) is 0 Å². The van der Waals surface area contributed by atoms with Gasteiger partial charge in [0.2, 0.25) is 0 Å². The van der Waals surface area contributed by atoms with Crippen LogP contribution in [0, 0.1) is 12.7 Å². The lowest BCUT2D eigenvalue weighted by atomic mass is 10.1. The van der Waals surface area contributed by atoms with Crippen molar-refractivity contribution >= 4 is 41.7 Å². The summed E-state index contributed by atoms with van der Waals surface area (Å²) in [6.45, 7) is 2.35. The van der Waals surface area contributed by atoms with Crippen LogP contribution in [0.25, 0.3) is 0 Å². The average molecular weight is 437 g/mol. The average Bonchev–Trinajstić information content (AvgIpc) is 2.94. The molecule has 2 rings (SSSR count). The lowest BCUT2D eigenvalue weighted by Crippen LogP contribution is -2.42. The van der Waals surface area contributed by atoms with E-state index in [1.54, 1.807) is 20.0 Å². The first-order chi connectivity index (χ1) is 10.1. The molecule has 0 radical (unpaired) electrons. The molecule has 1 saturated carbocycles. The van der Waals surface area contributed by atoms with Crippen molar-refractivity contribution in [3.63, 3.8) is 0 Å². The van der Waals surface area contributed by atoms with Crippen molar-refractivity contribution < 1.29 is 4.39 Å². The van der Waals surface area contributed by atoms with Crippen LogP contribution in [0.3, 0.4) is 0 Å². The fourth-order valence-electron chi connectivity index (χ4n) is 2.61. The van der Waals surface area contributed by atoms with Crippen LogP contribution in [0.5, 0.6) is 0 Å². The van der Waals surface area contributed by atoms with E-state index in [1.807, 2.05) is 23.9 Å². The number of benzene rings is 1. The van der Waals surface area contributed by atoms with E-state index in [0.717, 1.165) is 16.8 Å². The van der Waals surface area contributed by atoms with E-state index in [1.165, 1.54) is 19.3 Å². The summed E-state index contributed by atoms with van der Waals surface area (Å²) in [5.41, 5.74) is 1.60. The number of nitrogens with zero attached hydrogens (tertiary/aromatic N) is 1. The monoisotopic (exact) mass is 437 g/mol. The summed E-state index contributed by atoms with van der Waals surface area (Å²) in [5.74, 6) is 0.638. The molecular formula is C16H25FIN3S. The van der Waals surface area contributed by atoms with Crippen molar-refractivity contribution in [3.05, 3.63) is 35.1 Å². The molecule has 2 atom stereocenters. The number of guanidine groups is 1. The predicted molar refractivity (Wildman–Crippen MR) is 105 cm³/mol. The lowest BCUT2D eigenvalue weighted by molar-refractivity contribution is 0.608. The first-order valence-electron chi connectivity index (χ1n) is 7.37. The highest BCUT2D eigenvalue weighted by Crippen LogP contribution is 2.27. The fraction of sp³-hybridized carbons (Fsp3) is 0.562. The van der Waals surface area contributed by atoms with Crippen LogP contribution in [-0.2, 0) is 6.54 Å². The number of hydrogen-bond donors (Lipinski definition) is 2. The number of aryl methyl sites for hydroxylation is 1. The third-order valence-electron chi connectivity index (χ3n) is 3.98. The van der Waals surface area contributed by atoms with Crippen LogP contribution in [0.15, 0.2) is 23.2 Å². The summed E-state index contributed by atoms with van der Waals surface area (Å²) in [6, 6.07) is 5.82. The van der Waals surface area contributed by atoms with Gasteiger partial charge in [-0.15, -0.1) is 24.0 Å². The molecule has 0 heterocycles. The van der Waals surface area contributed by atoms with Gasteiger partial charge in [-0.05, 0) is 49.6 Å².